The van der Waals surface area contributed by atoms with Crippen molar-refractivity contribution >= 4 is 0 Å². The summed E-state index contributed by atoms with van der Waals surface area (Å²) in [6.45, 7) is 4.74. The molecule has 0 aliphatic carbocycles. The largest absolute Gasteiger partial charge is 0.451 e. The number of aryl methyl sites for hydroxylation is 2. The van der Waals surface area contributed by atoms with Crippen LogP contribution in [0, 0.1) is 38.2 Å². The maximum absolute atomic E-state index is 13.9. The Bertz CT molecular complexity index is 636. The van der Waals surface area contributed by atoms with Gasteiger partial charge in [-0.2, -0.15) is 0 Å². The first-order valence-electron chi connectivity index (χ1n) is 5.79. The van der Waals surface area contributed by atoms with Gasteiger partial charge in [0.15, 0.2) is 17.4 Å². The van der Waals surface area contributed by atoms with Gasteiger partial charge in [-0.05, 0) is 49.6 Å². The molecular weight excluding hydrogens is 253 g/mol. The van der Waals surface area contributed by atoms with Gasteiger partial charge < -0.3 is 4.74 Å². The monoisotopic (exact) mass is 266 g/mol. The summed E-state index contributed by atoms with van der Waals surface area (Å²) in [4.78, 5) is 0. The molecule has 100 valence electrons. The van der Waals surface area contributed by atoms with Gasteiger partial charge in [0.05, 0.1) is 0 Å². The molecule has 0 aromatic heterocycles. The van der Waals surface area contributed by atoms with Crippen molar-refractivity contribution in [1.29, 1.82) is 0 Å². The highest BCUT2D eigenvalue weighted by Crippen LogP contribution is 2.31. The van der Waals surface area contributed by atoms with E-state index in [1.807, 2.05) is 0 Å². The number of halogens is 3. The fourth-order valence-corrected chi connectivity index (χ4v) is 1.66. The number of rotatable bonds is 2. The number of benzene rings is 2. The van der Waals surface area contributed by atoms with Gasteiger partial charge >= 0.3 is 0 Å². The summed E-state index contributed by atoms with van der Waals surface area (Å²) in [5.41, 5.74) is 1.25. The van der Waals surface area contributed by atoms with Gasteiger partial charge in [0.25, 0.3) is 0 Å². The normalized spacial score (nSPS) is 10.6. The minimum atomic E-state index is -0.804. The molecule has 0 bridgehead atoms. The number of ether oxygens (including phenoxy) is 1. The summed E-state index contributed by atoms with van der Waals surface area (Å²) in [6, 6.07) is 5.25. The second-order valence-corrected chi connectivity index (χ2v) is 4.46. The van der Waals surface area contributed by atoms with E-state index in [1.54, 1.807) is 13.8 Å². The lowest BCUT2D eigenvalue weighted by Gasteiger charge is -2.11. The molecule has 0 atom stereocenters. The van der Waals surface area contributed by atoms with Crippen molar-refractivity contribution in [3.05, 3.63) is 58.4 Å². The van der Waals surface area contributed by atoms with Gasteiger partial charge in [0.2, 0.25) is 0 Å². The van der Waals surface area contributed by atoms with Crippen LogP contribution < -0.4 is 4.74 Å². The zero-order chi connectivity index (χ0) is 14.2. The van der Waals surface area contributed by atoms with Crippen molar-refractivity contribution in [2.24, 2.45) is 0 Å². The summed E-state index contributed by atoms with van der Waals surface area (Å²) in [5.74, 6) is -2.50. The zero-order valence-corrected chi connectivity index (χ0v) is 10.9. The Hall–Kier alpha value is -1.97. The predicted octanol–water partition coefficient (Wildman–Crippen LogP) is 4.82. The van der Waals surface area contributed by atoms with Crippen LogP contribution in [0.1, 0.15) is 16.7 Å². The third-order valence-electron chi connectivity index (χ3n) is 3.04. The highest BCUT2D eigenvalue weighted by Gasteiger charge is 2.16. The number of hydrogen-bond donors (Lipinski definition) is 0. The van der Waals surface area contributed by atoms with E-state index in [-0.39, 0.29) is 5.75 Å². The highest BCUT2D eigenvalue weighted by atomic mass is 19.1. The van der Waals surface area contributed by atoms with Crippen molar-refractivity contribution < 1.29 is 17.9 Å². The standard InChI is InChI=1S/C15H13F3O/c1-8-4-5-11(7-12(8)16)19-15-13(17)6-9(2)10(3)14(15)18/h4-7H,1-3H3. The first-order valence-corrected chi connectivity index (χ1v) is 5.79. The molecule has 0 unspecified atom stereocenters. The molecule has 0 fully saturated rings. The van der Waals surface area contributed by atoms with E-state index in [9.17, 15) is 13.2 Å². The molecular formula is C15H13F3O. The van der Waals surface area contributed by atoms with Crippen LogP contribution in [0.15, 0.2) is 24.3 Å². The Morgan fingerprint density at radius 3 is 2.16 bits per heavy atom. The maximum Gasteiger partial charge on any atom is 0.198 e. The summed E-state index contributed by atoms with van der Waals surface area (Å²) in [6.07, 6.45) is 0. The minimum Gasteiger partial charge on any atom is -0.451 e. The molecule has 0 saturated heterocycles. The van der Waals surface area contributed by atoms with Crippen LogP contribution in [0.3, 0.4) is 0 Å². The summed E-state index contributed by atoms with van der Waals surface area (Å²) >= 11 is 0. The molecule has 4 heteroatoms. The summed E-state index contributed by atoms with van der Waals surface area (Å²) in [7, 11) is 0. The molecule has 2 aromatic rings. The lowest BCUT2D eigenvalue weighted by atomic mass is 10.1. The first kappa shape index (κ1) is 13.5. The quantitative estimate of drug-likeness (QED) is 0.757. The molecule has 0 aliphatic rings. The molecule has 0 spiro atoms. The fourth-order valence-electron chi connectivity index (χ4n) is 1.66. The van der Waals surface area contributed by atoms with Crippen molar-refractivity contribution in [3.63, 3.8) is 0 Å². The van der Waals surface area contributed by atoms with Crippen molar-refractivity contribution in [2.45, 2.75) is 20.8 Å². The van der Waals surface area contributed by atoms with Gasteiger partial charge in [-0.3, -0.25) is 0 Å². The van der Waals surface area contributed by atoms with Crippen molar-refractivity contribution in [1.82, 2.24) is 0 Å². The third-order valence-corrected chi connectivity index (χ3v) is 3.04. The molecule has 0 heterocycles. The molecule has 0 aliphatic heterocycles. The second kappa shape index (κ2) is 4.96. The fraction of sp³-hybridized carbons (Fsp3) is 0.200. The molecule has 2 aromatic carbocycles. The molecule has 2 rings (SSSR count). The van der Waals surface area contributed by atoms with Crippen LogP contribution in [0.2, 0.25) is 0 Å². The van der Waals surface area contributed by atoms with Crippen LogP contribution in [0.25, 0.3) is 0 Å². The predicted molar refractivity (Wildman–Crippen MR) is 67.0 cm³/mol. The van der Waals surface area contributed by atoms with E-state index in [0.717, 1.165) is 6.07 Å². The molecule has 0 N–H and O–H groups in total. The molecule has 1 nitrogen and oxygen atoms in total. The van der Waals surface area contributed by atoms with E-state index < -0.39 is 23.2 Å². The van der Waals surface area contributed by atoms with E-state index in [1.165, 1.54) is 25.1 Å². The first-order chi connectivity index (χ1) is 8.90. The third kappa shape index (κ3) is 2.57. The summed E-state index contributed by atoms with van der Waals surface area (Å²) < 4.78 is 46.1. The zero-order valence-electron chi connectivity index (χ0n) is 10.9. The van der Waals surface area contributed by atoms with E-state index in [0.29, 0.717) is 16.7 Å². The highest BCUT2D eigenvalue weighted by molar-refractivity contribution is 5.41. The molecule has 0 amide bonds. The van der Waals surface area contributed by atoms with Crippen molar-refractivity contribution in [3.8, 4) is 11.5 Å². The minimum absolute atomic E-state index is 0.0594. The molecule has 19 heavy (non-hydrogen) atoms. The Kier molecular flexibility index (Phi) is 3.51. The summed E-state index contributed by atoms with van der Waals surface area (Å²) in [5, 5.41) is 0. The maximum atomic E-state index is 13.9. The molecule has 0 saturated carbocycles. The van der Waals surface area contributed by atoms with Crippen molar-refractivity contribution in [2.75, 3.05) is 0 Å². The van der Waals surface area contributed by atoms with E-state index in [2.05, 4.69) is 0 Å². The van der Waals surface area contributed by atoms with Gasteiger partial charge in [-0.1, -0.05) is 6.07 Å². The second-order valence-electron chi connectivity index (χ2n) is 4.46. The molecule has 0 radical (unpaired) electrons. The van der Waals surface area contributed by atoms with Gasteiger partial charge in [0, 0.05) is 6.07 Å². The number of hydrogen-bond acceptors (Lipinski definition) is 1. The Morgan fingerprint density at radius 2 is 1.53 bits per heavy atom. The smallest absolute Gasteiger partial charge is 0.198 e. The van der Waals surface area contributed by atoms with Gasteiger partial charge in [-0.25, -0.2) is 13.2 Å². The Balaban J connectivity index is 2.43. The van der Waals surface area contributed by atoms with Crippen LogP contribution in [0.4, 0.5) is 13.2 Å². The van der Waals surface area contributed by atoms with Crippen LogP contribution in [-0.2, 0) is 0 Å². The Morgan fingerprint density at radius 1 is 0.842 bits per heavy atom. The van der Waals surface area contributed by atoms with Crippen LogP contribution in [-0.4, -0.2) is 0 Å². The SMILES string of the molecule is Cc1ccc(Oc2c(F)cc(C)c(C)c2F)cc1F. The topological polar surface area (TPSA) is 9.23 Å². The lowest BCUT2D eigenvalue weighted by Crippen LogP contribution is -1.98. The van der Waals surface area contributed by atoms with Gasteiger partial charge in [-0.15, -0.1) is 0 Å². The average molecular weight is 266 g/mol. The van der Waals surface area contributed by atoms with Gasteiger partial charge in [0.1, 0.15) is 11.6 Å². The Labute approximate surface area is 109 Å². The van der Waals surface area contributed by atoms with E-state index >= 15 is 0 Å². The van der Waals surface area contributed by atoms with Crippen LogP contribution >= 0.6 is 0 Å². The lowest BCUT2D eigenvalue weighted by molar-refractivity contribution is 0.402. The average Bonchev–Trinajstić information content (AvgIpc) is 2.36. The van der Waals surface area contributed by atoms with E-state index in [4.69, 9.17) is 4.74 Å². The van der Waals surface area contributed by atoms with Crippen LogP contribution in [0.5, 0.6) is 11.5 Å².